The van der Waals surface area contributed by atoms with Gasteiger partial charge in [-0.2, -0.15) is 0 Å². The Balaban J connectivity index is 1.19. The minimum atomic E-state index is -0.738. The Morgan fingerprint density at radius 1 is 0.786 bits per heavy atom. The molecule has 222 valence electrons. The van der Waals surface area contributed by atoms with Crippen molar-refractivity contribution in [1.82, 2.24) is 9.80 Å². The molecule has 10 heteroatoms. The maximum Gasteiger partial charge on any atom is 0.331 e. The van der Waals surface area contributed by atoms with E-state index in [4.69, 9.17) is 4.74 Å². The van der Waals surface area contributed by atoms with E-state index in [-0.39, 0.29) is 65.5 Å². The number of esters is 1. The monoisotopic (exact) mass is 575 g/mol. The first kappa shape index (κ1) is 28.3. The van der Waals surface area contributed by atoms with Crippen LogP contribution < -0.4 is 9.64 Å². The van der Waals surface area contributed by atoms with E-state index in [1.54, 1.807) is 23.1 Å². The van der Waals surface area contributed by atoms with Crippen LogP contribution in [0.2, 0.25) is 0 Å². The summed E-state index contributed by atoms with van der Waals surface area (Å²) in [4.78, 5) is 82.0. The summed E-state index contributed by atoms with van der Waals surface area (Å²) >= 11 is 0. The molecule has 1 aromatic carbocycles. The van der Waals surface area contributed by atoms with Crippen molar-refractivity contribution in [3.63, 3.8) is 0 Å². The van der Waals surface area contributed by atoms with Crippen LogP contribution in [0.25, 0.3) is 5.57 Å². The number of hydrogen-bond acceptors (Lipinski definition) is 7. The molecule has 3 heterocycles. The number of carbonyl (C=O) groups is 6. The molecule has 42 heavy (non-hydrogen) atoms. The SMILES string of the molecule is CC1=CC(C)(C)N(C(=O)CN2C(=O)[C@H]3CCCC[C@H]3C2=O)c2ccc(OC(=O)CN3C(=O)[C@H]4CCCC[C@H]4C3=O)cc21. The van der Waals surface area contributed by atoms with Gasteiger partial charge in [-0.1, -0.05) is 31.8 Å². The van der Waals surface area contributed by atoms with Crippen molar-refractivity contribution in [2.24, 2.45) is 23.7 Å². The normalized spacial score (nSPS) is 28.4. The van der Waals surface area contributed by atoms with Gasteiger partial charge < -0.3 is 9.64 Å². The van der Waals surface area contributed by atoms with Crippen molar-refractivity contribution in [2.45, 2.75) is 77.7 Å². The van der Waals surface area contributed by atoms with Crippen LogP contribution in [0.5, 0.6) is 5.75 Å². The van der Waals surface area contributed by atoms with Gasteiger partial charge in [0.25, 0.3) is 0 Å². The molecule has 0 bridgehead atoms. The highest BCUT2D eigenvalue weighted by atomic mass is 16.5. The summed E-state index contributed by atoms with van der Waals surface area (Å²) in [6, 6.07) is 4.91. The Kier molecular flexibility index (Phi) is 7.06. The lowest BCUT2D eigenvalue weighted by Gasteiger charge is -2.42. The molecule has 5 amide bonds. The molecular weight excluding hydrogens is 538 g/mol. The van der Waals surface area contributed by atoms with Gasteiger partial charge in [-0.05, 0) is 70.2 Å². The number of imide groups is 2. The number of rotatable bonds is 5. The summed E-state index contributed by atoms with van der Waals surface area (Å²) in [6.07, 6.45) is 8.27. The fraction of sp³-hybridized carbons (Fsp3) is 0.562. The van der Waals surface area contributed by atoms with E-state index in [1.807, 2.05) is 26.8 Å². The molecule has 2 saturated carbocycles. The minimum Gasteiger partial charge on any atom is -0.425 e. The second-order valence-corrected chi connectivity index (χ2v) is 12.9. The average Bonchev–Trinajstić information content (AvgIpc) is 3.33. The number of likely N-dealkylation sites (tertiary alicyclic amines) is 2. The molecule has 0 unspecified atom stereocenters. The number of fused-ring (bicyclic) bond motifs is 3. The van der Waals surface area contributed by atoms with Crippen molar-refractivity contribution in [3.05, 3.63) is 29.8 Å². The van der Waals surface area contributed by atoms with Crippen LogP contribution in [0.3, 0.4) is 0 Å². The lowest BCUT2D eigenvalue weighted by atomic mass is 9.81. The van der Waals surface area contributed by atoms with Crippen molar-refractivity contribution in [3.8, 4) is 5.75 Å². The molecule has 2 aliphatic carbocycles. The Morgan fingerprint density at radius 2 is 1.26 bits per heavy atom. The second-order valence-electron chi connectivity index (χ2n) is 12.9. The second kappa shape index (κ2) is 10.5. The van der Waals surface area contributed by atoms with Gasteiger partial charge in [0.2, 0.25) is 29.5 Å². The van der Waals surface area contributed by atoms with E-state index >= 15 is 0 Å². The van der Waals surface area contributed by atoms with E-state index in [2.05, 4.69) is 0 Å². The number of allylic oxidation sites excluding steroid dienone is 1. The molecule has 4 fully saturated rings. The van der Waals surface area contributed by atoms with E-state index in [1.165, 1.54) is 0 Å². The van der Waals surface area contributed by atoms with Gasteiger partial charge in [0.1, 0.15) is 18.8 Å². The molecule has 4 atom stereocenters. The maximum absolute atomic E-state index is 13.8. The van der Waals surface area contributed by atoms with E-state index in [9.17, 15) is 28.8 Å². The first-order valence-corrected chi connectivity index (χ1v) is 15.1. The summed E-state index contributed by atoms with van der Waals surface area (Å²) in [5.41, 5.74) is 1.37. The van der Waals surface area contributed by atoms with Gasteiger partial charge in [-0.3, -0.25) is 33.8 Å². The van der Waals surface area contributed by atoms with Crippen LogP contribution in [0, 0.1) is 23.7 Å². The van der Waals surface area contributed by atoms with E-state index in [0.717, 1.165) is 41.1 Å². The number of hydrogen-bond donors (Lipinski definition) is 0. The number of anilines is 1. The van der Waals surface area contributed by atoms with Crippen molar-refractivity contribution >= 4 is 46.8 Å². The highest BCUT2D eigenvalue weighted by Crippen LogP contribution is 2.42. The molecule has 0 radical (unpaired) electrons. The number of ether oxygens (including phenoxy) is 1. The maximum atomic E-state index is 13.8. The summed E-state index contributed by atoms with van der Waals surface area (Å²) in [7, 11) is 0. The summed E-state index contributed by atoms with van der Waals surface area (Å²) in [5.74, 6) is -3.28. The fourth-order valence-electron chi connectivity index (χ4n) is 7.80. The quantitative estimate of drug-likeness (QED) is 0.299. The Bertz CT molecular complexity index is 1380. The first-order valence-electron chi connectivity index (χ1n) is 15.1. The zero-order chi connectivity index (χ0) is 29.9. The molecule has 3 aliphatic heterocycles. The minimum absolute atomic E-state index is 0.226. The van der Waals surface area contributed by atoms with Crippen LogP contribution in [-0.4, -0.2) is 63.9 Å². The average molecular weight is 576 g/mol. The summed E-state index contributed by atoms with van der Waals surface area (Å²) < 4.78 is 5.57. The molecule has 0 aromatic heterocycles. The number of carbonyl (C=O) groups excluding carboxylic acids is 6. The molecule has 1 aromatic rings. The highest BCUT2D eigenvalue weighted by Gasteiger charge is 2.50. The van der Waals surface area contributed by atoms with Crippen LogP contribution in [0.1, 0.15) is 77.7 Å². The highest BCUT2D eigenvalue weighted by molar-refractivity contribution is 6.10. The Morgan fingerprint density at radius 3 is 1.76 bits per heavy atom. The molecular formula is C32H37N3O7. The summed E-state index contributed by atoms with van der Waals surface area (Å²) in [6.45, 7) is 4.92. The molecule has 0 spiro atoms. The van der Waals surface area contributed by atoms with Crippen LogP contribution in [0.15, 0.2) is 24.3 Å². The third kappa shape index (κ3) is 4.65. The summed E-state index contributed by atoms with van der Waals surface area (Å²) in [5, 5.41) is 0. The van der Waals surface area contributed by atoms with Crippen molar-refractivity contribution in [2.75, 3.05) is 18.0 Å². The Labute approximate surface area is 245 Å². The van der Waals surface area contributed by atoms with Gasteiger partial charge >= 0.3 is 5.97 Å². The van der Waals surface area contributed by atoms with Gasteiger partial charge in [0, 0.05) is 5.56 Å². The predicted octanol–water partition coefficient (Wildman–Crippen LogP) is 3.47. The smallest absolute Gasteiger partial charge is 0.331 e. The predicted molar refractivity (Wildman–Crippen MR) is 152 cm³/mol. The fourth-order valence-corrected chi connectivity index (χ4v) is 7.80. The first-order chi connectivity index (χ1) is 20.0. The number of amides is 5. The number of nitrogens with zero attached hydrogens (tertiary/aromatic N) is 3. The van der Waals surface area contributed by atoms with Gasteiger partial charge in [-0.15, -0.1) is 0 Å². The topological polar surface area (TPSA) is 121 Å². The lowest BCUT2D eigenvalue weighted by molar-refractivity contribution is -0.148. The molecule has 6 rings (SSSR count). The van der Waals surface area contributed by atoms with Crippen molar-refractivity contribution in [1.29, 1.82) is 0 Å². The zero-order valence-corrected chi connectivity index (χ0v) is 24.4. The van der Waals surface area contributed by atoms with Gasteiger partial charge in [-0.25, -0.2) is 4.79 Å². The van der Waals surface area contributed by atoms with Gasteiger partial charge in [0.05, 0.1) is 34.9 Å². The third-order valence-electron chi connectivity index (χ3n) is 9.71. The molecule has 0 N–H and O–H groups in total. The van der Waals surface area contributed by atoms with Crippen molar-refractivity contribution < 1.29 is 33.5 Å². The van der Waals surface area contributed by atoms with Crippen LogP contribution in [-0.2, 0) is 28.8 Å². The molecule has 10 nitrogen and oxygen atoms in total. The molecule has 5 aliphatic rings. The van der Waals surface area contributed by atoms with Crippen LogP contribution in [0.4, 0.5) is 5.69 Å². The zero-order valence-electron chi connectivity index (χ0n) is 24.4. The lowest BCUT2D eigenvalue weighted by Crippen LogP contribution is -2.53. The number of benzene rings is 1. The van der Waals surface area contributed by atoms with E-state index in [0.29, 0.717) is 36.9 Å². The molecule has 2 saturated heterocycles. The third-order valence-corrected chi connectivity index (χ3v) is 9.71. The van der Waals surface area contributed by atoms with E-state index < -0.39 is 18.1 Å². The largest absolute Gasteiger partial charge is 0.425 e. The standard InChI is InChI=1S/C32H37N3O7/c1-18-15-32(2,3)35(26(36)16-33-28(38)20-8-4-5-9-21(20)29(33)39)25-13-12-19(14-24(18)25)42-27(37)17-34-30(40)22-10-6-7-11-23(22)31(34)41/h12-15,20-23H,4-11,16-17H2,1-3H3/t20-,21+,22-,23+. The van der Waals surface area contributed by atoms with Gasteiger partial charge in [0.15, 0.2) is 0 Å². The van der Waals surface area contributed by atoms with Crippen LogP contribution >= 0.6 is 0 Å². The Hall–Kier alpha value is -3.82.